The molecule has 5 nitrogen and oxygen atoms in total. The van der Waals surface area contributed by atoms with Crippen LogP contribution < -0.4 is 5.32 Å². The maximum Gasteiger partial charge on any atom is 0.252 e. The van der Waals surface area contributed by atoms with Crippen molar-refractivity contribution in [1.82, 2.24) is 15.2 Å². The predicted molar refractivity (Wildman–Crippen MR) is 116 cm³/mol. The molecule has 0 radical (unpaired) electrons. The van der Waals surface area contributed by atoms with Gasteiger partial charge in [-0.05, 0) is 48.4 Å². The third-order valence-electron chi connectivity index (χ3n) is 5.35. The van der Waals surface area contributed by atoms with Gasteiger partial charge in [-0.1, -0.05) is 17.7 Å². The van der Waals surface area contributed by atoms with E-state index >= 15 is 0 Å². The molecule has 0 atom stereocenters. The minimum absolute atomic E-state index is 0.0255. The first-order valence-corrected chi connectivity index (χ1v) is 10.3. The minimum Gasteiger partial charge on any atom is -0.360 e. The summed E-state index contributed by atoms with van der Waals surface area (Å²) >= 11 is 5.88. The lowest BCUT2D eigenvalue weighted by Gasteiger charge is -2.26. The van der Waals surface area contributed by atoms with Crippen molar-refractivity contribution in [2.24, 2.45) is 0 Å². The summed E-state index contributed by atoms with van der Waals surface area (Å²) in [6.07, 6.45) is 4.71. The van der Waals surface area contributed by atoms with E-state index < -0.39 is 11.7 Å². The van der Waals surface area contributed by atoms with E-state index in [1.807, 2.05) is 12.3 Å². The third kappa shape index (κ3) is 4.61. The molecule has 0 aliphatic carbocycles. The lowest BCUT2D eigenvalue weighted by Crippen LogP contribution is -2.37. The van der Waals surface area contributed by atoms with Gasteiger partial charge in [0.05, 0.1) is 10.6 Å². The molecule has 1 aromatic heterocycles. The predicted octanol–water partition coefficient (Wildman–Crippen LogP) is 4.54. The van der Waals surface area contributed by atoms with Gasteiger partial charge in [-0.25, -0.2) is 8.78 Å². The number of hydrogen-bond acceptors (Lipinski definition) is 2. The second-order valence-electron chi connectivity index (χ2n) is 7.34. The summed E-state index contributed by atoms with van der Waals surface area (Å²) in [5.41, 5.74) is 3.04. The molecule has 2 amide bonds. The van der Waals surface area contributed by atoms with Crippen molar-refractivity contribution in [3.05, 3.63) is 76.5 Å². The summed E-state index contributed by atoms with van der Waals surface area (Å²) in [5, 5.41) is 3.62. The van der Waals surface area contributed by atoms with E-state index in [2.05, 4.69) is 10.3 Å². The largest absolute Gasteiger partial charge is 0.360 e. The van der Waals surface area contributed by atoms with E-state index in [0.717, 1.165) is 34.2 Å². The number of amides is 2. The van der Waals surface area contributed by atoms with Gasteiger partial charge in [-0.3, -0.25) is 9.59 Å². The molecule has 2 N–H and O–H groups in total. The first-order valence-electron chi connectivity index (χ1n) is 9.89. The third-order valence-corrected chi connectivity index (χ3v) is 5.66. The second-order valence-corrected chi connectivity index (χ2v) is 7.75. The number of rotatable bonds is 5. The van der Waals surface area contributed by atoms with Crippen LogP contribution in [-0.4, -0.2) is 41.3 Å². The fourth-order valence-corrected chi connectivity index (χ4v) is 3.97. The zero-order valence-electron chi connectivity index (χ0n) is 16.6. The van der Waals surface area contributed by atoms with Crippen LogP contribution in [0, 0.1) is 11.6 Å². The molecule has 8 heteroatoms. The molecule has 1 aliphatic rings. The Morgan fingerprint density at radius 1 is 1.13 bits per heavy atom. The average molecular weight is 444 g/mol. The average Bonchev–Trinajstić information content (AvgIpc) is 3.16. The molecular formula is C23H20ClF2N3O2. The molecule has 0 saturated heterocycles. The first kappa shape index (κ1) is 21.1. The minimum atomic E-state index is -0.519. The Labute approximate surface area is 182 Å². The molecule has 2 heterocycles. The highest BCUT2D eigenvalue weighted by Crippen LogP contribution is 2.29. The van der Waals surface area contributed by atoms with E-state index in [1.54, 1.807) is 11.0 Å². The maximum atomic E-state index is 13.4. The standard InChI is InChI=1S/C23H20ClF2N3O2/c24-20-11-15(25)2-4-18(20)23(31)27-8-5-22(30)29-9-6-14(7-10-29)19-13-28-21-12-16(26)1-3-17(19)21/h1-4,6,11-13,28H,5,7-10H2,(H,27,31). The summed E-state index contributed by atoms with van der Waals surface area (Å²) in [4.78, 5) is 29.5. The number of nitrogens with zero attached hydrogens (tertiary/aromatic N) is 1. The quantitative estimate of drug-likeness (QED) is 0.608. The monoisotopic (exact) mass is 443 g/mol. The van der Waals surface area contributed by atoms with E-state index in [0.29, 0.717) is 19.5 Å². The number of H-pyrrole nitrogens is 1. The smallest absolute Gasteiger partial charge is 0.252 e. The van der Waals surface area contributed by atoms with Crippen LogP contribution in [0.4, 0.5) is 8.78 Å². The summed E-state index contributed by atoms with van der Waals surface area (Å²) < 4.78 is 26.5. The number of carbonyl (C=O) groups excluding carboxylic acids is 2. The van der Waals surface area contributed by atoms with Gasteiger partial charge in [0.25, 0.3) is 5.91 Å². The SMILES string of the molecule is O=C(NCCC(=O)N1CC=C(c2c[nH]c3cc(F)ccc23)CC1)c1ccc(F)cc1Cl. The lowest BCUT2D eigenvalue weighted by molar-refractivity contribution is -0.130. The number of benzene rings is 2. The number of fused-ring (bicyclic) bond motifs is 1. The molecular weight excluding hydrogens is 424 g/mol. The molecule has 0 spiro atoms. The van der Waals surface area contributed by atoms with Crippen molar-refractivity contribution < 1.29 is 18.4 Å². The van der Waals surface area contributed by atoms with E-state index in [1.165, 1.54) is 18.2 Å². The molecule has 1 aliphatic heterocycles. The van der Waals surface area contributed by atoms with Gasteiger partial charge in [0.1, 0.15) is 11.6 Å². The highest BCUT2D eigenvalue weighted by atomic mass is 35.5. The van der Waals surface area contributed by atoms with Crippen molar-refractivity contribution in [2.45, 2.75) is 12.8 Å². The molecule has 0 fully saturated rings. The molecule has 160 valence electrons. The topological polar surface area (TPSA) is 65.2 Å². The lowest BCUT2D eigenvalue weighted by atomic mass is 9.99. The van der Waals surface area contributed by atoms with Crippen LogP contribution in [0.1, 0.15) is 28.8 Å². The van der Waals surface area contributed by atoms with Crippen LogP contribution in [0.25, 0.3) is 16.5 Å². The highest BCUT2D eigenvalue weighted by molar-refractivity contribution is 6.33. The van der Waals surface area contributed by atoms with Crippen molar-refractivity contribution >= 4 is 39.9 Å². The van der Waals surface area contributed by atoms with Crippen LogP contribution in [0.15, 0.2) is 48.7 Å². The Morgan fingerprint density at radius 3 is 2.65 bits per heavy atom. The van der Waals surface area contributed by atoms with Gasteiger partial charge in [-0.15, -0.1) is 0 Å². The number of halogens is 3. The Kier molecular flexibility index (Phi) is 6.04. The molecule has 0 bridgehead atoms. The molecule has 31 heavy (non-hydrogen) atoms. The van der Waals surface area contributed by atoms with Crippen LogP contribution in [-0.2, 0) is 4.79 Å². The second kappa shape index (κ2) is 8.89. The number of nitrogens with one attached hydrogen (secondary N) is 2. The van der Waals surface area contributed by atoms with E-state index in [-0.39, 0.29) is 35.3 Å². The summed E-state index contributed by atoms with van der Waals surface area (Å²) in [6, 6.07) is 8.20. The molecule has 0 saturated carbocycles. The molecule has 2 aromatic carbocycles. The number of hydrogen-bond donors (Lipinski definition) is 2. The van der Waals surface area contributed by atoms with E-state index in [4.69, 9.17) is 11.6 Å². The Bertz CT molecular complexity index is 1190. The Hall–Kier alpha value is -3.19. The number of aromatic amines is 1. The fourth-order valence-electron chi connectivity index (χ4n) is 3.71. The van der Waals surface area contributed by atoms with Gasteiger partial charge in [0.15, 0.2) is 0 Å². The van der Waals surface area contributed by atoms with Crippen molar-refractivity contribution in [3.63, 3.8) is 0 Å². The maximum absolute atomic E-state index is 13.4. The van der Waals surface area contributed by atoms with Crippen molar-refractivity contribution in [3.8, 4) is 0 Å². The van der Waals surface area contributed by atoms with Gasteiger partial charge in [-0.2, -0.15) is 0 Å². The normalized spacial score (nSPS) is 13.9. The van der Waals surface area contributed by atoms with Crippen LogP contribution >= 0.6 is 11.6 Å². The summed E-state index contributed by atoms with van der Waals surface area (Å²) in [5.74, 6) is -1.32. The summed E-state index contributed by atoms with van der Waals surface area (Å²) in [6.45, 7) is 1.20. The van der Waals surface area contributed by atoms with Crippen molar-refractivity contribution in [2.75, 3.05) is 19.6 Å². The highest BCUT2D eigenvalue weighted by Gasteiger charge is 2.20. The zero-order chi connectivity index (χ0) is 22.0. The van der Waals surface area contributed by atoms with Crippen LogP contribution in [0.3, 0.4) is 0 Å². The van der Waals surface area contributed by atoms with Gasteiger partial charge in [0, 0.05) is 48.7 Å². The van der Waals surface area contributed by atoms with Crippen molar-refractivity contribution in [1.29, 1.82) is 0 Å². The molecule has 0 unspecified atom stereocenters. The number of aromatic nitrogens is 1. The van der Waals surface area contributed by atoms with Gasteiger partial charge < -0.3 is 15.2 Å². The van der Waals surface area contributed by atoms with Crippen LogP contribution in [0.2, 0.25) is 5.02 Å². The first-order chi connectivity index (χ1) is 14.9. The van der Waals surface area contributed by atoms with Gasteiger partial charge >= 0.3 is 0 Å². The van der Waals surface area contributed by atoms with Gasteiger partial charge in [0.2, 0.25) is 5.91 Å². The Morgan fingerprint density at radius 2 is 1.90 bits per heavy atom. The van der Waals surface area contributed by atoms with Crippen LogP contribution in [0.5, 0.6) is 0 Å². The number of carbonyl (C=O) groups is 2. The summed E-state index contributed by atoms with van der Waals surface area (Å²) in [7, 11) is 0. The fraction of sp³-hybridized carbons (Fsp3) is 0.217. The van der Waals surface area contributed by atoms with E-state index in [9.17, 15) is 18.4 Å². The Balaban J connectivity index is 1.31. The zero-order valence-corrected chi connectivity index (χ0v) is 17.3. The molecule has 4 rings (SSSR count). The molecule has 3 aromatic rings.